The van der Waals surface area contributed by atoms with E-state index in [4.69, 9.17) is 14.2 Å². The van der Waals surface area contributed by atoms with E-state index in [1.165, 1.54) is 18.2 Å². The number of amides is 1. The fourth-order valence-corrected chi connectivity index (χ4v) is 6.02. The Labute approximate surface area is 243 Å². The van der Waals surface area contributed by atoms with E-state index in [2.05, 4.69) is 0 Å². The number of hydrogen-bond donors (Lipinski definition) is 2. The van der Waals surface area contributed by atoms with Crippen LogP contribution in [0.3, 0.4) is 0 Å². The number of methoxy groups -OCH3 is 1. The van der Waals surface area contributed by atoms with Crippen molar-refractivity contribution in [3.05, 3.63) is 53.3 Å². The molecule has 0 bridgehead atoms. The monoisotopic (exact) mass is 597 g/mol. The van der Waals surface area contributed by atoms with Crippen LogP contribution in [0.25, 0.3) is 11.1 Å². The standard InChI is InChI=1S/C31H39F4NO6/c1-3-41-24-17-21(15-22(18-24)31(33,34)35)28-25(7-6-8-26(28)32)30(39,11-4-5-13-40-2)27-19-36(12-14-42-27)29(38)20-9-10-23(37)16-20/h6-8,15,17-18,20,23,27,37,39H,3-5,9-14,16,19H2,1-2H3/t20-,23+,27+,30+/m0/s1. The number of rotatable bonds is 11. The van der Waals surface area contributed by atoms with Crippen molar-refractivity contribution in [1.82, 2.24) is 4.90 Å². The molecule has 0 radical (unpaired) electrons. The second-order valence-corrected chi connectivity index (χ2v) is 11.0. The smallest absolute Gasteiger partial charge is 0.416 e. The SMILES string of the molecule is CCOc1cc(-c2c(F)cccc2[C@](O)(CCCCOC)[C@H]2CN(C(=O)[C@H]3CC[C@@H](O)C3)CCO2)cc(C(F)(F)F)c1. The van der Waals surface area contributed by atoms with E-state index in [9.17, 15) is 28.2 Å². The lowest BCUT2D eigenvalue weighted by molar-refractivity contribution is -0.167. The Kier molecular flexibility index (Phi) is 10.5. The highest BCUT2D eigenvalue weighted by Crippen LogP contribution is 2.44. The van der Waals surface area contributed by atoms with Crippen LogP contribution in [0, 0.1) is 11.7 Å². The quantitative estimate of drug-likeness (QED) is 0.270. The first-order valence-electron chi connectivity index (χ1n) is 14.4. The van der Waals surface area contributed by atoms with Crippen LogP contribution in [0.2, 0.25) is 0 Å². The largest absolute Gasteiger partial charge is 0.494 e. The highest BCUT2D eigenvalue weighted by Gasteiger charge is 2.45. The minimum absolute atomic E-state index is 0.00888. The maximum absolute atomic E-state index is 15.7. The molecule has 0 spiro atoms. The van der Waals surface area contributed by atoms with Crippen molar-refractivity contribution >= 4 is 5.91 Å². The Morgan fingerprint density at radius 1 is 1.17 bits per heavy atom. The number of morpholine rings is 1. The topological polar surface area (TPSA) is 88.5 Å². The summed E-state index contributed by atoms with van der Waals surface area (Å²) < 4.78 is 73.8. The number of carbonyl (C=O) groups is 1. The van der Waals surface area contributed by atoms with Gasteiger partial charge < -0.3 is 29.3 Å². The molecule has 2 N–H and O–H groups in total. The lowest BCUT2D eigenvalue weighted by Crippen LogP contribution is -2.55. The molecule has 4 atom stereocenters. The molecule has 42 heavy (non-hydrogen) atoms. The van der Waals surface area contributed by atoms with Gasteiger partial charge in [0.05, 0.1) is 31.4 Å². The van der Waals surface area contributed by atoms with E-state index in [1.54, 1.807) is 18.9 Å². The van der Waals surface area contributed by atoms with Gasteiger partial charge in [0, 0.05) is 31.7 Å². The Bertz CT molecular complexity index is 1220. The highest BCUT2D eigenvalue weighted by molar-refractivity contribution is 5.79. The second-order valence-electron chi connectivity index (χ2n) is 11.0. The number of hydrogen-bond acceptors (Lipinski definition) is 6. The molecule has 1 aliphatic carbocycles. The van der Waals surface area contributed by atoms with Gasteiger partial charge in [0.25, 0.3) is 0 Å². The molecular weight excluding hydrogens is 558 g/mol. The summed E-state index contributed by atoms with van der Waals surface area (Å²) in [7, 11) is 1.55. The van der Waals surface area contributed by atoms with Gasteiger partial charge >= 0.3 is 6.18 Å². The number of benzene rings is 2. The van der Waals surface area contributed by atoms with Crippen LogP contribution in [0.1, 0.15) is 56.6 Å². The molecular formula is C31H39F4NO6. The number of ether oxygens (including phenoxy) is 3. The van der Waals surface area contributed by atoms with Crippen molar-refractivity contribution in [2.45, 2.75) is 69.4 Å². The number of aliphatic hydroxyl groups excluding tert-OH is 1. The van der Waals surface area contributed by atoms with Crippen LogP contribution < -0.4 is 4.74 Å². The summed E-state index contributed by atoms with van der Waals surface area (Å²) in [5, 5.41) is 22.4. The van der Waals surface area contributed by atoms with E-state index in [0.717, 1.165) is 18.2 Å². The molecule has 1 saturated carbocycles. The molecule has 0 unspecified atom stereocenters. The third-order valence-electron chi connectivity index (χ3n) is 8.13. The Hall–Kier alpha value is -2.73. The van der Waals surface area contributed by atoms with Crippen LogP contribution in [0.15, 0.2) is 36.4 Å². The van der Waals surface area contributed by atoms with Gasteiger partial charge in [-0.2, -0.15) is 13.2 Å². The molecule has 2 fully saturated rings. The van der Waals surface area contributed by atoms with Crippen molar-refractivity contribution < 1.29 is 46.8 Å². The van der Waals surface area contributed by atoms with E-state index in [-0.39, 0.29) is 60.4 Å². The molecule has 232 valence electrons. The summed E-state index contributed by atoms with van der Waals surface area (Å²) in [6.07, 6.45) is -3.67. The molecule has 1 amide bonds. The predicted molar refractivity (Wildman–Crippen MR) is 147 cm³/mol. The van der Waals surface area contributed by atoms with Gasteiger partial charge in [-0.15, -0.1) is 0 Å². The van der Waals surface area contributed by atoms with Gasteiger partial charge in [-0.1, -0.05) is 12.1 Å². The third kappa shape index (κ3) is 7.24. The summed E-state index contributed by atoms with van der Waals surface area (Å²) in [5.41, 5.74) is -3.09. The van der Waals surface area contributed by atoms with Gasteiger partial charge in [-0.25, -0.2) is 4.39 Å². The van der Waals surface area contributed by atoms with Gasteiger partial charge in [0.2, 0.25) is 5.91 Å². The summed E-state index contributed by atoms with van der Waals surface area (Å²) >= 11 is 0. The van der Waals surface area contributed by atoms with E-state index >= 15 is 4.39 Å². The first-order chi connectivity index (χ1) is 20.0. The van der Waals surface area contributed by atoms with Crippen LogP contribution in [-0.4, -0.2) is 73.2 Å². The fourth-order valence-electron chi connectivity index (χ4n) is 6.02. The molecule has 2 aromatic rings. The molecule has 1 aliphatic heterocycles. The molecule has 2 aromatic carbocycles. The average Bonchev–Trinajstić information content (AvgIpc) is 3.40. The third-order valence-corrected chi connectivity index (χ3v) is 8.13. The molecule has 1 heterocycles. The molecule has 0 aromatic heterocycles. The average molecular weight is 598 g/mol. The zero-order valence-electron chi connectivity index (χ0n) is 24.0. The number of alkyl halides is 3. The maximum Gasteiger partial charge on any atom is 0.416 e. The first-order valence-corrected chi connectivity index (χ1v) is 14.4. The minimum atomic E-state index is -4.72. The number of carbonyl (C=O) groups excluding carboxylic acids is 1. The number of halogens is 4. The molecule has 7 nitrogen and oxygen atoms in total. The van der Waals surface area contributed by atoms with Crippen molar-refractivity contribution in [2.75, 3.05) is 40.0 Å². The van der Waals surface area contributed by atoms with Crippen LogP contribution >= 0.6 is 0 Å². The Morgan fingerprint density at radius 3 is 2.62 bits per heavy atom. The number of nitrogens with zero attached hydrogens (tertiary/aromatic N) is 1. The second kappa shape index (κ2) is 13.7. The van der Waals surface area contributed by atoms with Gasteiger partial charge in [0.15, 0.2) is 0 Å². The van der Waals surface area contributed by atoms with Crippen molar-refractivity contribution in [1.29, 1.82) is 0 Å². The summed E-state index contributed by atoms with van der Waals surface area (Å²) in [6.45, 7) is 2.57. The van der Waals surface area contributed by atoms with Crippen molar-refractivity contribution in [2.24, 2.45) is 5.92 Å². The molecule has 11 heteroatoms. The molecule has 4 rings (SSSR count). The van der Waals surface area contributed by atoms with E-state index in [1.807, 2.05) is 0 Å². The zero-order valence-corrected chi connectivity index (χ0v) is 24.0. The van der Waals surface area contributed by atoms with Crippen LogP contribution in [0.5, 0.6) is 5.75 Å². The zero-order chi connectivity index (χ0) is 30.5. The van der Waals surface area contributed by atoms with Crippen molar-refractivity contribution in [3.8, 4) is 16.9 Å². The summed E-state index contributed by atoms with van der Waals surface area (Å²) in [5.74, 6) is -1.36. The van der Waals surface area contributed by atoms with E-state index < -0.39 is 35.4 Å². The maximum atomic E-state index is 15.7. The number of unbranched alkanes of at least 4 members (excludes halogenated alkanes) is 1. The van der Waals surface area contributed by atoms with Crippen molar-refractivity contribution in [3.63, 3.8) is 0 Å². The van der Waals surface area contributed by atoms with Gasteiger partial charge in [-0.05, 0) is 80.8 Å². The summed E-state index contributed by atoms with van der Waals surface area (Å²) in [4.78, 5) is 14.9. The number of aliphatic hydroxyl groups is 2. The normalized spacial score (nSPS) is 22.7. The lowest BCUT2D eigenvalue weighted by atomic mass is 9.78. The molecule has 1 saturated heterocycles. The summed E-state index contributed by atoms with van der Waals surface area (Å²) in [6, 6.07) is 7.06. The van der Waals surface area contributed by atoms with Crippen LogP contribution in [0.4, 0.5) is 17.6 Å². The van der Waals surface area contributed by atoms with E-state index in [0.29, 0.717) is 45.3 Å². The van der Waals surface area contributed by atoms with Gasteiger partial charge in [-0.3, -0.25) is 4.79 Å². The minimum Gasteiger partial charge on any atom is -0.494 e. The highest BCUT2D eigenvalue weighted by atomic mass is 19.4. The molecule has 2 aliphatic rings. The Balaban J connectivity index is 1.78. The first kappa shape index (κ1) is 32.2. The fraction of sp³-hybridized carbons (Fsp3) is 0.581. The predicted octanol–water partition coefficient (Wildman–Crippen LogP) is 5.30. The van der Waals surface area contributed by atoms with Gasteiger partial charge in [0.1, 0.15) is 23.3 Å². The Morgan fingerprint density at radius 2 is 1.95 bits per heavy atom. The lowest BCUT2D eigenvalue weighted by Gasteiger charge is -2.43. The van der Waals surface area contributed by atoms with Crippen LogP contribution in [-0.2, 0) is 26.0 Å².